The van der Waals surface area contributed by atoms with Crippen molar-refractivity contribution >= 4 is 11.8 Å². The summed E-state index contributed by atoms with van der Waals surface area (Å²) in [5.74, 6) is 2.93. The van der Waals surface area contributed by atoms with Gasteiger partial charge in [0.05, 0.1) is 6.26 Å². The Bertz CT molecular complexity index is 641. The van der Waals surface area contributed by atoms with Gasteiger partial charge in [0, 0.05) is 44.8 Å². The molecule has 2 N–H and O–H groups in total. The van der Waals surface area contributed by atoms with Gasteiger partial charge in [-0.1, -0.05) is 13.0 Å². The summed E-state index contributed by atoms with van der Waals surface area (Å²) in [5.41, 5.74) is 0. The number of guanidine groups is 1. The molecule has 0 spiro atoms. The molecule has 25 heavy (non-hydrogen) atoms. The second kappa shape index (κ2) is 9.11. The van der Waals surface area contributed by atoms with Crippen molar-refractivity contribution in [3.8, 4) is 0 Å². The van der Waals surface area contributed by atoms with Gasteiger partial charge >= 0.3 is 0 Å². The minimum absolute atomic E-state index is 0.383. The number of nitrogens with zero attached hydrogens (tertiary/aromatic N) is 3. The normalized spacial score (nSPS) is 17.7. The number of hydrogen-bond acceptors (Lipinski definition) is 4. The molecule has 0 amide bonds. The molecule has 3 rings (SSSR count). The highest BCUT2D eigenvalue weighted by Crippen LogP contribution is 2.17. The number of aliphatic imine (C=N–C) groups is 1. The molecule has 1 atom stereocenters. The van der Waals surface area contributed by atoms with Crippen LogP contribution in [0.25, 0.3) is 0 Å². The third kappa shape index (κ3) is 5.24. The largest absolute Gasteiger partial charge is 0.469 e. The van der Waals surface area contributed by atoms with Crippen LogP contribution >= 0.6 is 0 Å². The summed E-state index contributed by atoms with van der Waals surface area (Å²) in [6.07, 6.45) is 6.53. The van der Waals surface area contributed by atoms with Crippen molar-refractivity contribution in [1.29, 1.82) is 0 Å². The maximum Gasteiger partial charge on any atom is 0.191 e. The lowest BCUT2D eigenvalue weighted by Gasteiger charge is -2.19. The fourth-order valence-electron chi connectivity index (χ4n) is 2.96. The van der Waals surface area contributed by atoms with Crippen molar-refractivity contribution in [2.45, 2.75) is 32.2 Å². The molecule has 0 aliphatic carbocycles. The number of nitrogens with one attached hydrogen (secondary N) is 2. The lowest BCUT2D eigenvalue weighted by Crippen LogP contribution is -2.45. The maximum absolute atomic E-state index is 5.38. The van der Waals surface area contributed by atoms with Crippen LogP contribution in [0.1, 0.15) is 25.5 Å². The highest BCUT2D eigenvalue weighted by molar-refractivity contribution is 5.80. The van der Waals surface area contributed by atoms with E-state index >= 15 is 0 Å². The summed E-state index contributed by atoms with van der Waals surface area (Å²) in [6, 6.07) is 10.4. The highest BCUT2D eigenvalue weighted by atomic mass is 16.3. The minimum atomic E-state index is 0.383. The van der Waals surface area contributed by atoms with Gasteiger partial charge in [-0.25, -0.2) is 4.98 Å². The van der Waals surface area contributed by atoms with Gasteiger partial charge in [-0.3, -0.25) is 4.99 Å². The van der Waals surface area contributed by atoms with E-state index in [1.54, 1.807) is 6.26 Å². The molecule has 0 bridgehead atoms. The van der Waals surface area contributed by atoms with Crippen molar-refractivity contribution in [2.75, 3.05) is 31.1 Å². The van der Waals surface area contributed by atoms with Crippen LogP contribution in [0.15, 0.2) is 52.2 Å². The molecule has 2 aromatic rings. The van der Waals surface area contributed by atoms with Crippen LogP contribution in [-0.4, -0.2) is 43.2 Å². The van der Waals surface area contributed by atoms with Gasteiger partial charge in [-0.05, 0) is 37.1 Å². The standard InChI is InChI=1S/C19H27N5O/c1-2-10-21-19(22-12-8-17-6-5-14-25-17)23-16-9-13-24(15-16)18-7-3-4-11-20-18/h3-7,11,14,16H,2,8-10,12-13,15H2,1H3,(H2,21,22,23). The molecule has 1 aliphatic rings. The summed E-state index contributed by atoms with van der Waals surface area (Å²) in [6.45, 7) is 5.74. The Hall–Kier alpha value is -2.50. The van der Waals surface area contributed by atoms with Gasteiger partial charge in [0.25, 0.3) is 0 Å². The van der Waals surface area contributed by atoms with Crippen LogP contribution in [0, 0.1) is 0 Å². The first-order valence-electron chi connectivity index (χ1n) is 9.08. The van der Waals surface area contributed by atoms with Gasteiger partial charge in [0.2, 0.25) is 0 Å². The van der Waals surface area contributed by atoms with Gasteiger partial charge in [-0.2, -0.15) is 0 Å². The van der Waals surface area contributed by atoms with E-state index in [1.165, 1.54) is 0 Å². The average molecular weight is 341 g/mol. The lowest BCUT2D eigenvalue weighted by atomic mass is 10.3. The third-order valence-corrected chi connectivity index (χ3v) is 4.24. The number of pyridine rings is 1. The molecule has 0 saturated carbocycles. The quantitative estimate of drug-likeness (QED) is 0.598. The SMILES string of the molecule is CCCN=C(NCCc1ccco1)NC1CCN(c2ccccn2)C1. The van der Waals surface area contributed by atoms with E-state index < -0.39 is 0 Å². The summed E-state index contributed by atoms with van der Waals surface area (Å²) >= 11 is 0. The summed E-state index contributed by atoms with van der Waals surface area (Å²) in [7, 11) is 0. The molecule has 3 heterocycles. The maximum atomic E-state index is 5.38. The number of aromatic nitrogens is 1. The van der Waals surface area contributed by atoms with Crippen molar-refractivity contribution in [2.24, 2.45) is 4.99 Å². The minimum Gasteiger partial charge on any atom is -0.469 e. The Morgan fingerprint density at radius 2 is 2.32 bits per heavy atom. The van der Waals surface area contributed by atoms with Crippen LogP contribution in [0.2, 0.25) is 0 Å². The van der Waals surface area contributed by atoms with Crippen LogP contribution in [0.4, 0.5) is 5.82 Å². The monoisotopic (exact) mass is 341 g/mol. The van der Waals surface area contributed by atoms with Gasteiger partial charge < -0.3 is 20.0 Å². The molecule has 2 aromatic heterocycles. The first-order chi connectivity index (χ1) is 12.3. The molecule has 6 heteroatoms. The summed E-state index contributed by atoms with van der Waals surface area (Å²) in [4.78, 5) is 11.4. The van der Waals surface area contributed by atoms with E-state index in [9.17, 15) is 0 Å². The van der Waals surface area contributed by atoms with Crippen LogP contribution in [-0.2, 0) is 6.42 Å². The third-order valence-electron chi connectivity index (χ3n) is 4.24. The zero-order chi connectivity index (χ0) is 17.3. The molecule has 1 fully saturated rings. The van der Waals surface area contributed by atoms with Crippen molar-refractivity contribution in [1.82, 2.24) is 15.6 Å². The fourth-order valence-corrected chi connectivity index (χ4v) is 2.96. The second-order valence-corrected chi connectivity index (χ2v) is 6.25. The van der Waals surface area contributed by atoms with E-state index in [0.717, 1.165) is 63.0 Å². The predicted octanol–water partition coefficient (Wildman–Crippen LogP) is 2.44. The number of furan rings is 1. The van der Waals surface area contributed by atoms with Gasteiger partial charge in [0.1, 0.15) is 11.6 Å². The van der Waals surface area contributed by atoms with Gasteiger partial charge in [0.15, 0.2) is 5.96 Å². The lowest BCUT2D eigenvalue weighted by molar-refractivity contribution is 0.506. The van der Waals surface area contributed by atoms with E-state index in [0.29, 0.717) is 6.04 Å². The topological polar surface area (TPSA) is 65.7 Å². The Labute approximate surface area is 149 Å². The molecular weight excluding hydrogens is 314 g/mol. The number of rotatable bonds is 7. The highest BCUT2D eigenvalue weighted by Gasteiger charge is 2.24. The Balaban J connectivity index is 1.50. The number of hydrogen-bond donors (Lipinski definition) is 2. The second-order valence-electron chi connectivity index (χ2n) is 6.25. The summed E-state index contributed by atoms with van der Waals surface area (Å²) in [5, 5.41) is 6.99. The molecule has 0 radical (unpaired) electrons. The van der Waals surface area contributed by atoms with Crippen molar-refractivity contribution < 1.29 is 4.42 Å². The predicted molar refractivity (Wildman–Crippen MR) is 101 cm³/mol. The Kier molecular flexibility index (Phi) is 6.31. The first-order valence-corrected chi connectivity index (χ1v) is 9.08. The van der Waals surface area contributed by atoms with Crippen molar-refractivity contribution in [3.05, 3.63) is 48.6 Å². The molecule has 1 unspecified atom stereocenters. The van der Waals surface area contributed by atoms with E-state index in [4.69, 9.17) is 4.42 Å². The molecule has 6 nitrogen and oxygen atoms in total. The molecular formula is C19H27N5O. The zero-order valence-electron chi connectivity index (χ0n) is 14.8. The summed E-state index contributed by atoms with van der Waals surface area (Å²) < 4.78 is 5.38. The van der Waals surface area contributed by atoms with Crippen LogP contribution in [0.3, 0.4) is 0 Å². The Morgan fingerprint density at radius 3 is 3.08 bits per heavy atom. The molecule has 134 valence electrons. The zero-order valence-corrected chi connectivity index (χ0v) is 14.8. The molecule has 1 saturated heterocycles. The van der Waals surface area contributed by atoms with Crippen LogP contribution in [0.5, 0.6) is 0 Å². The van der Waals surface area contributed by atoms with Crippen LogP contribution < -0.4 is 15.5 Å². The van der Waals surface area contributed by atoms with Gasteiger partial charge in [-0.15, -0.1) is 0 Å². The smallest absolute Gasteiger partial charge is 0.191 e. The van der Waals surface area contributed by atoms with E-state index in [-0.39, 0.29) is 0 Å². The van der Waals surface area contributed by atoms with Crippen molar-refractivity contribution in [3.63, 3.8) is 0 Å². The van der Waals surface area contributed by atoms with E-state index in [2.05, 4.69) is 38.5 Å². The molecule has 1 aliphatic heterocycles. The fraction of sp³-hybridized carbons (Fsp3) is 0.474. The van der Waals surface area contributed by atoms with E-state index in [1.807, 2.05) is 30.5 Å². The Morgan fingerprint density at radius 1 is 1.36 bits per heavy atom. The molecule has 0 aromatic carbocycles. The number of anilines is 1. The first kappa shape index (κ1) is 17.3. The average Bonchev–Trinajstić information content (AvgIpc) is 3.32.